The maximum absolute atomic E-state index is 4.04. The standard InChI is InChI=1S/C14H23NS/c1-2-16-8-13(1)15-14-11-4-9-3-10(6-11)7-12(14)5-9/h9-15H,1-8H2. The fourth-order valence-electron chi connectivity index (χ4n) is 5.14. The summed E-state index contributed by atoms with van der Waals surface area (Å²) < 4.78 is 0. The predicted molar refractivity (Wildman–Crippen MR) is 69.7 cm³/mol. The summed E-state index contributed by atoms with van der Waals surface area (Å²) in [4.78, 5) is 0. The summed E-state index contributed by atoms with van der Waals surface area (Å²) >= 11 is 2.15. The summed E-state index contributed by atoms with van der Waals surface area (Å²) in [6.07, 6.45) is 9.25. The Kier molecular flexibility index (Phi) is 2.51. The van der Waals surface area contributed by atoms with Gasteiger partial charge >= 0.3 is 0 Å². The van der Waals surface area contributed by atoms with Crippen molar-refractivity contribution in [2.45, 2.75) is 50.6 Å². The molecule has 0 aromatic carbocycles. The topological polar surface area (TPSA) is 12.0 Å². The second kappa shape index (κ2) is 3.91. The van der Waals surface area contributed by atoms with Crippen LogP contribution < -0.4 is 5.32 Å². The highest BCUT2D eigenvalue weighted by Crippen LogP contribution is 2.53. The first kappa shape index (κ1) is 10.3. The maximum atomic E-state index is 4.04. The Hall–Kier alpha value is 0.310. The van der Waals surface area contributed by atoms with E-state index >= 15 is 0 Å². The number of rotatable bonds is 2. The van der Waals surface area contributed by atoms with Crippen LogP contribution in [0.3, 0.4) is 0 Å². The van der Waals surface area contributed by atoms with Gasteiger partial charge in [-0.3, -0.25) is 0 Å². The van der Waals surface area contributed by atoms with Crippen LogP contribution in [0.4, 0.5) is 0 Å². The molecule has 90 valence electrons. The summed E-state index contributed by atoms with van der Waals surface area (Å²) in [6.45, 7) is 0. The van der Waals surface area contributed by atoms with Crippen molar-refractivity contribution in [2.75, 3.05) is 11.5 Å². The third-order valence-corrected chi connectivity index (χ3v) is 6.75. The number of hydrogen-bond acceptors (Lipinski definition) is 2. The van der Waals surface area contributed by atoms with Gasteiger partial charge in [0.05, 0.1) is 0 Å². The molecular formula is C14H23NS. The van der Waals surface area contributed by atoms with Crippen LogP contribution in [-0.2, 0) is 0 Å². The monoisotopic (exact) mass is 237 g/mol. The van der Waals surface area contributed by atoms with Gasteiger partial charge in [0, 0.05) is 17.8 Å². The lowest BCUT2D eigenvalue weighted by Crippen LogP contribution is -2.56. The van der Waals surface area contributed by atoms with Crippen LogP contribution in [0.25, 0.3) is 0 Å². The molecule has 0 radical (unpaired) electrons. The zero-order valence-corrected chi connectivity index (χ0v) is 10.8. The summed E-state index contributed by atoms with van der Waals surface area (Å²) in [5, 5.41) is 4.04. The molecule has 1 N–H and O–H groups in total. The minimum atomic E-state index is 0.854. The van der Waals surface area contributed by atoms with Crippen molar-refractivity contribution < 1.29 is 0 Å². The van der Waals surface area contributed by atoms with Crippen molar-refractivity contribution in [3.05, 3.63) is 0 Å². The average Bonchev–Trinajstić information content (AvgIpc) is 2.75. The molecule has 1 unspecified atom stereocenters. The molecule has 1 nitrogen and oxygen atoms in total. The minimum Gasteiger partial charge on any atom is -0.310 e. The molecule has 5 fully saturated rings. The lowest BCUT2D eigenvalue weighted by Gasteiger charge is -2.55. The normalized spacial score (nSPS) is 54.8. The second-order valence-corrected chi connectivity index (χ2v) is 7.83. The number of hydrogen-bond donors (Lipinski definition) is 1. The highest BCUT2D eigenvalue weighted by molar-refractivity contribution is 7.99. The predicted octanol–water partition coefficient (Wildman–Crippen LogP) is 2.91. The van der Waals surface area contributed by atoms with E-state index < -0.39 is 0 Å². The van der Waals surface area contributed by atoms with Crippen LogP contribution in [-0.4, -0.2) is 23.6 Å². The third kappa shape index (κ3) is 1.64. The molecule has 5 aliphatic rings. The van der Waals surface area contributed by atoms with Gasteiger partial charge in [-0.25, -0.2) is 0 Å². The van der Waals surface area contributed by atoms with E-state index in [1.54, 1.807) is 32.1 Å². The Bertz CT molecular complexity index is 244. The third-order valence-electron chi connectivity index (χ3n) is 5.58. The summed E-state index contributed by atoms with van der Waals surface area (Å²) in [5.74, 6) is 7.13. The minimum absolute atomic E-state index is 0.854. The van der Waals surface area contributed by atoms with E-state index in [2.05, 4.69) is 17.1 Å². The van der Waals surface area contributed by atoms with Gasteiger partial charge in [0.25, 0.3) is 0 Å². The Morgan fingerprint density at radius 1 is 0.875 bits per heavy atom. The molecule has 4 aliphatic carbocycles. The van der Waals surface area contributed by atoms with Crippen molar-refractivity contribution in [1.29, 1.82) is 0 Å². The first-order valence-corrected chi connectivity index (χ1v) is 8.38. The van der Waals surface area contributed by atoms with E-state index in [0.29, 0.717) is 0 Å². The summed E-state index contributed by atoms with van der Waals surface area (Å²) in [5.41, 5.74) is 0. The van der Waals surface area contributed by atoms with Gasteiger partial charge in [-0.1, -0.05) is 0 Å². The molecule has 0 amide bonds. The van der Waals surface area contributed by atoms with Crippen LogP contribution >= 0.6 is 11.8 Å². The molecule has 0 aromatic rings. The molecule has 1 saturated heterocycles. The first-order valence-electron chi connectivity index (χ1n) is 7.22. The smallest absolute Gasteiger partial charge is 0.0168 e. The first-order chi connectivity index (χ1) is 7.88. The maximum Gasteiger partial charge on any atom is 0.0168 e. The molecule has 2 heteroatoms. The van der Waals surface area contributed by atoms with Crippen LogP contribution in [0.1, 0.15) is 38.5 Å². The van der Waals surface area contributed by atoms with Crippen molar-refractivity contribution >= 4 is 11.8 Å². The molecule has 1 atom stereocenters. The fraction of sp³-hybridized carbons (Fsp3) is 1.00. The molecule has 4 saturated carbocycles. The largest absolute Gasteiger partial charge is 0.310 e. The van der Waals surface area contributed by atoms with Crippen molar-refractivity contribution in [1.82, 2.24) is 5.32 Å². The van der Waals surface area contributed by atoms with Gasteiger partial charge in [-0.15, -0.1) is 0 Å². The van der Waals surface area contributed by atoms with Crippen LogP contribution in [0.2, 0.25) is 0 Å². The van der Waals surface area contributed by atoms with Crippen molar-refractivity contribution in [3.63, 3.8) is 0 Å². The Morgan fingerprint density at radius 2 is 1.56 bits per heavy atom. The molecule has 5 rings (SSSR count). The van der Waals surface area contributed by atoms with Crippen LogP contribution in [0.15, 0.2) is 0 Å². The van der Waals surface area contributed by atoms with E-state index in [4.69, 9.17) is 0 Å². The van der Waals surface area contributed by atoms with E-state index in [0.717, 1.165) is 35.8 Å². The number of thioether (sulfide) groups is 1. The molecular weight excluding hydrogens is 214 g/mol. The van der Waals surface area contributed by atoms with E-state index in [9.17, 15) is 0 Å². The van der Waals surface area contributed by atoms with Gasteiger partial charge < -0.3 is 5.32 Å². The highest BCUT2D eigenvalue weighted by Gasteiger charge is 2.48. The van der Waals surface area contributed by atoms with E-state index in [1.165, 1.54) is 17.9 Å². The zero-order valence-electron chi connectivity index (χ0n) is 10.0. The number of nitrogens with one attached hydrogen (secondary N) is 1. The molecule has 1 heterocycles. The summed E-state index contributed by atoms with van der Waals surface area (Å²) in [7, 11) is 0. The molecule has 1 aliphatic heterocycles. The van der Waals surface area contributed by atoms with Crippen molar-refractivity contribution in [2.24, 2.45) is 23.7 Å². The Balaban J connectivity index is 1.47. The van der Waals surface area contributed by atoms with Crippen molar-refractivity contribution in [3.8, 4) is 0 Å². The van der Waals surface area contributed by atoms with Crippen LogP contribution in [0, 0.1) is 23.7 Å². The molecule has 16 heavy (non-hydrogen) atoms. The Morgan fingerprint density at radius 3 is 2.12 bits per heavy atom. The lowest BCUT2D eigenvalue weighted by atomic mass is 9.54. The van der Waals surface area contributed by atoms with E-state index in [1.807, 2.05) is 0 Å². The van der Waals surface area contributed by atoms with Gasteiger partial charge in [0.1, 0.15) is 0 Å². The lowest BCUT2D eigenvalue weighted by molar-refractivity contribution is -0.0166. The van der Waals surface area contributed by atoms with Gasteiger partial charge in [0.15, 0.2) is 0 Å². The van der Waals surface area contributed by atoms with Crippen LogP contribution in [0.5, 0.6) is 0 Å². The SMILES string of the molecule is C1CC(NC2C3CC4CC(C3)CC2C4)CS1. The quantitative estimate of drug-likeness (QED) is 0.792. The van der Waals surface area contributed by atoms with Gasteiger partial charge in [-0.05, 0) is 67.9 Å². The molecule has 4 bridgehead atoms. The van der Waals surface area contributed by atoms with Gasteiger partial charge in [-0.2, -0.15) is 11.8 Å². The fourth-order valence-corrected chi connectivity index (χ4v) is 6.30. The summed E-state index contributed by atoms with van der Waals surface area (Å²) in [6, 6.07) is 1.77. The van der Waals surface area contributed by atoms with E-state index in [-0.39, 0.29) is 0 Å². The highest BCUT2D eigenvalue weighted by atomic mass is 32.2. The molecule has 0 aromatic heterocycles. The van der Waals surface area contributed by atoms with Gasteiger partial charge in [0.2, 0.25) is 0 Å². The molecule has 0 spiro atoms. The second-order valence-electron chi connectivity index (χ2n) is 6.68. The average molecular weight is 237 g/mol. The zero-order chi connectivity index (χ0) is 10.5. The Labute approximate surface area is 103 Å².